The van der Waals surface area contributed by atoms with E-state index in [4.69, 9.17) is 0 Å². The van der Waals surface area contributed by atoms with Crippen LogP contribution in [-0.4, -0.2) is 46.5 Å². The average molecular weight is 322 g/mol. The van der Waals surface area contributed by atoms with Gasteiger partial charge in [-0.25, -0.2) is 9.97 Å². The third-order valence-corrected chi connectivity index (χ3v) is 5.66. The topological polar surface area (TPSA) is 49.3 Å². The summed E-state index contributed by atoms with van der Waals surface area (Å²) in [6.07, 6.45) is 6.41. The number of aromatic nitrogens is 2. The van der Waals surface area contributed by atoms with Crippen LogP contribution in [-0.2, 0) is 4.79 Å². The van der Waals surface area contributed by atoms with Crippen LogP contribution >= 0.6 is 0 Å². The Balaban J connectivity index is 1.52. The summed E-state index contributed by atoms with van der Waals surface area (Å²) in [6.45, 7) is 1.78. The number of amides is 1. The van der Waals surface area contributed by atoms with E-state index in [-0.39, 0.29) is 17.4 Å². The lowest BCUT2D eigenvalue weighted by molar-refractivity contribution is -0.131. The zero-order chi connectivity index (χ0) is 16.6. The number of carbonyl (C=O) groups excluding carboxylic acids is 1. The molecule has 2 aliphatic heterocycles. The average Bonchev–Trinajstić information content (AvgIpc) is 2.89. The predicted molar refractivity (Wildman–Crippen MR) is 92.8 cm³/mol. The van der Waals surface area contributed by atoms with Gasteiger partial charge in [-0.05, 0) is 30.9 Å². The highest BCUT2D eigenvalue weighted by atomic mass is 16.2. The van der Waals surface area contributed by atoms with Crippen molar-refractivity contribution < 1.29 is 4.79 Å². The first kappa shape index (κ1) is 15.1. The summed E-state index contributed by atoms with van der Waals surface area (Å²) in [5, 5.41) is 0. The van der Waals surface area contributed by atoms with E-state index in [2.05, 4.69) is 27.0 Å². The van der Waals surface area contributed by atoms with E-state index in [1.54, 1.807) is 12.4 Å². The molecule has 3 heterocycles. The first-order valence-corrected chi connectivity index (χ1v) is 8.54. The molecule has 0 radical (unpaired) electrons. The van der Waals surface area contributed by atoms with Gasteiger partial charge in [-0.2, -0.15) is 0 Å². The van der Waals surface area contributed by atoms with Crippen LogP contribution in [0.3, 0.4) is 0 Å². The summed E-state index contributed by atoms with van der Waals surface area (Å²) < 4.78 is 0. The smallest absolute Gasteiger partial charge is 0.230 e. The molecular weight excluding hydrogens is 300 g/mol. The maximum absolute atomic E-state index is 12.8. The zero-order valence-electron chi connectivity index (χ0n) is 13.9. The largest absolute Gasteiger partial charge is 0.341 e. The lowest BCUT2D eigenvalue weighted by Crippen LogP contribution is -2.52. The molecule has 24 heavy (non-hydrogen) atoms. The van der Waals surface area contributed by atoms with Crippen molar-refractivity contribution in [2.45, 2.75) is 30.7 Å². The summed E-state index contributed by atoms with van der Waals surface area (Å²) >= 11 is 0. The SMILES string of the molecule is CN1C(=O)[C@@H](c2ccccc2)CC12CCN(c1ncccn1)CC2. The Morgan fingerprint density at radius 1 is 1.04 bits per heavy atom. The molecule has 0 bridgehead atoms. The van der Waals surface area contributed by atoms with E-state index in [0.717, 1.165) is 43.9 Å². The maximum Gasteiger partial charge on any atom is 0.230 e. The Labute approximate surface area is 142 Å². The molecule has 124 valence electrons. The van der Waals surface area contributed by atoms with Crippen molar-refractivity contribution in [3.05, 3.63) is 54.4 Å². The minimum Gasteiger partial charge on any atom is -0.341 e. The van der Waals surface area contributed by atoms with Gasteiger partial charge in [0.1, 0.15) is 0 Å². The lowest BCUT2D eigenvalue weighted by atomic mass is 9.81. The van der Waals surface area contributed by atoms with E-state index in [9.17, 15) is 4.79 Å². The minimum atomic E-state index is -0.0249. The lowest BCUT2D eigenvalue weighted by Gasteiger charge is -2.43. The molecule has 1 atom stereocenters. The first-order valence-electron chi connectivity index (χ1n) is 8.54. The fourth-order valence-corrected chi connectivity index (χ4v) is 4.13. The van der Waals surface area contributed by atoms with Gasteiger partial charge < -0.3 is 9.80 Å². The number of nitrogens with zero attached hydrogens (tertiary/aromatic N) is 4. The second kappa shape index (κ2) is 5.89. The Morgan fingerprint density at radius 3 is 2.38 bits per heavy atom. The minimum absolute atomic E-state index is 0.00396. The van der Waals surface area contributed by atoms with E-state index in [0.29, 0.717) is 0 Å². The second-order valence-electron chi connectivity index (χ2n) is 6.82. The Kier molecular flexibility index (Phi) is 3.71. The van der Waals surface area contributed by atoms with E-state index < -0.39 is 0 Å². The molecule has 0 unspecified atom stereocenters. The van der Waals surface area contributed by atoms with Crippen molar-refractivity contribution in [2.24, 2.45) is 0 Å². The maximum atomic E-state index is 12.8. The molecule has 0 saturated carbocycles. The van der Waals surface area contributed by atoms with Crippen LogP contribution in [0.1, 0.15) is 30.7 Å². The van der Waals surface area contributed by atoms with E-state index in [1.807, 2.05) is 36.2 Å². The van der Waals surface area contributed by atoms with Gasteiger partial charge in [0.05, 0.1) is 5.92 Å². The predicted octanol–water partition coefficient (Wildman–Crippen LogP) is 2.46. The number of rotatable bonds is 2. The third kappa shape index (κ3) is 2.44. The number of piperidine rings is 1. The van der Waals surface area contributed by atoms with Gasteiger partial charge in [-0.15, -0.1) is 0 Å². The summed E-state index contributed by atoms with van der Waals surface area (Å²) in [6, 6.07) is 12.0. The fourth-order valence-electron chi connectivity index (χ4n) is 4.13. The highest BCUT2D eigenvalue weighted by molar-refractivity contribution is 5.87. The molecule has 2 saturated heterocycles. The monoisotopic (exact) mass is 322 g/mol. The second-order valence-corrected chi connectivity index (χ2v) is 6.82. The molecule has 1 aromatic carbocycles. The number of carbonyl (C=O) groups is 1. The van der Waals surface area contributed by atoms with Crippen LogP contribution in [0.5, 0.6) is 0 Å². The van der Waals surface area contributed by atoms with Crippen LogP contribution in [0, 0.1) is 0 Å². The van der Waals surface area contributed by atoms with Crippen LogP contribution in [0.25, 0.3) is 0 Å². The summed E-state index contributed by atoms with van der Waals surface area (Å²) in [4.78, 5) is 25.7. The van der Waals surface area contributed by atoms with Crippen LogP contribution in [0.15, 0.2) is 48.8 Å². The molecule has 1 spiro atoms. The highest BCUT2D eigenvalue weighted by Gasteiger charge is 2.50. The number of hydrogen-bond acceptors (Lipinski definition) is 4. The molecule has 5 heteroatoms. The molecule has 4 rings (SSSR count). The van der Waals surface area contributed by atoms with Gasteiger partial charge in [0.2, 0.25) is 11.9 Å². The van der Waals surface area contributed by atoms with Crippen LogP contribution in [0.2, 0.25) is 0 Å². The normalized spacial score (nSPS) is 23.0. The third-order valence-electron chi connectivity index (χ3n) is 5.66. The van der Waals surface area contributed by atoms with E-state index >= 15 is 0 Å². The molecule has 0 aliphatic carbocycles. The Hall–Kier alpha value is -2.43. The fraction of sp³-hybridized carbons (Fsp3) is 0.421. The Bertz CT molecular complexity index is 711. The van der Waals surface area contributed by atoms with Gasteiger partial charge in [-0.1, -0.05) is 30.3 Å². The van der Waals surface area contributed by atoms with Crippen LogP contribution in [0.4, 0.5) is 5.95 Å². The molecule has 1 aromatic heterocycles. The first-order chi connectivity index (χ1) is 11.7. The summed E-state index contributed by atoms with van der Waals surface area (Å²) in [5.74, 6) is 1.04. The van der Waals surface area contributed by atoms with Gasteiger partial charge in [0.25, 0.3) is 0 Å². The Morgan fingerprint density at radius 2 is 1.71 bits per heavy atom. The van der Waals surface area contributed by atoms with Crippen molar-refractivity contribution in [1.29, 1.82) is 0 Å². The number of anilines is 1. The van der Waals surface area contributed by atoms with E-state index in [1.165, 1.54) is 0 Å². The standard InChI is InChI=1S/C19H22N4O/c1-22-17(24)16(15-6-3-2-4-7-15)14-19(22)8-12-23(13-9-19)18-20-10-5-11-21-18/h2-7,10-11,16H,8-9,12-14H2,1H3/t16-/m1/s1. The number of benzene rings is 1. The van der Waals surface area contributed by atoms with Crippen LogP contribution < -0.4 is 4.90 Å². The molecule has 5 nitrogen and oxygen atoms in total. The molecular formula is C19H22N4O. The van der Waals surface area contributed by atoms with Gasteiger partial charge in [0, 0.05) is 38.1 Å². The van der Waals surface area contributed by atoms with Crippen molar-refractivity contribution in [3.63, 3.8) is 0 Å². The summed E-state index contributed by atoms with van der Waals surface area (Å²) in [5.41, 5.74) is 1.11. The summed E-state index contributed by atoms with van der Waals surface area (Å²) in [7, 11) is 1.97. The van der Waals surface area contributed by atoms with Gasteiger partial charge >= 0.3 is 0 Å². The van der Waals surface area contributed by atoms with Gasteiger partial charge in [0.15, 0.2) is 0 Å². The number of likely N-dealkylation sites (N-methyl/N-ethyl adjacent to an activating group) is 1. The molecule has 1 amide bonds. The van der Waals surface area contributed by atoms with Crippen molar-refractivity contribution >= 4 is 11.9 Å². The van der Waals surface area contributed by atoms with Crippen molar-refractivity contribution in [3.8, 4) is 0 Å². The molecule has 2 aromatic rings. The van der Waals surface area contributed by atoms with Crippen molar-refractivity contribution in [1.82, 2.24) is 14.9 Å². The van der Waals surface area contributed by atoms with Crippen molar-refractivity contribution in [2.75, 3.05) is 25.0 Å². The molecule has 0 N–H and O–H groups in total. The quantitative estimate of drug-likeness (QED) is 0.852. The molecule has 2 aliphatic rings. The highest BCUT2D eigenvalue weighted by Crippen LogP contribution is 2.45. The number of hydrogen-bond donors (Lipinski definition) is 0. The number of likely N-dealkylation sites (tertiary alicyclic amines) is 1. The molecule has 2 fully saturated rings. The van der Waals surface area contributed by atoms with Gasteiger partial charge in [-0.3, -0.25) is 4.79 Å². The zero-order valence-corrected chi connectivity index (χ0v) is 13.9.